The van der Waals surface area contributed by atoms with Crippen LogP contribution in [0.5, 0.6) is 0 Å². The van der Waals surface area contributed by atoms with Gasteiger partial charge in [0.1, 0.15) is 0 Å². The first-order valence-electron chi connectivity index (χ1n) is 8.40. The van der Waals surface area contributed by atoms with Gasteiger partial charge in [0.2, 0.25) is 0 Å². The zero-order chi connectivity index (χ0) is 14.7. The summed E-state index contributed by atoms with van der Waals surface area (Å²) in [5.41, 5.74) is 2.72. The molecule has 0 radical (unpaired) electrons. The van der Waals surface area contributed by atoms with Crippen LogP contribution < -0.4 is 10.2 Å². The van der Waals surface area contributed by atoms with E-state index in [0.29, 0.717) is 6.04 Å². The van der Waals surface area contributed by atoms with Crippen LogP contribution in [0.4, 0.5) is 5.69 Å². The number of anilines is 1. The van der Waals surface area contributed by atoms with E-state index in [1.165, 1.54) is 36.9 Å². The van der Waals surface area contributed by atoms with E-state index in [1.54, 1.807) is 0 Å². The van der Waals surface area contributed by atoms with Crippen LogP contribution in [-0.2, 0) is 6.54 Å². The third-order valence-corrected chi connectivity index (χ3v) is 5.12. The topological polar surface area (TPSA) is 31.4 Å². The molecule has 0 aromatic carbocycles. The number of fused-ring (bicyclic) bond motifs is 2. The van der Waals surface area contributed by atoms with Crippen LogP contribution in [-0.4, -0.2) is 48.6 Å². The smallest absolute Gasteiger partial charge is 0.0598 e. The molecule has 3 rings (SSSR count). The molecule has 0 spiro atoms. The summed E-state index contributed by atoms with van der Waals surface area (Å²) in [6.45, 7) is 6.56. The second-order valence-electron chi connectivity index (χ2n) is 6.47. The van der Waals surface area contributed by atoms with E-state index in [0.717, 1.165) is 32.2 Å². The van der Waals surface area contributed by atoms with Crippen molar-refractivity contribution < 1.29 is 0 Å². The van der Waals surface area contributed by atoms with E-state index in [1.807, 2.05) is 6.20 Å². The monoisotopic (exact) mass is 288 g/mol. The molecule has 2 saturated heterocycles. The summed E-state index contributed by atoms with van der Waals surface area (Å²) in [7, 11) is 2.30. The van der Waals surface area contributed by atoms with Crippen LogP contribution in [0.25, 0.3) is 0 Å². The van der Waals surface area contributed by atoms with Crippen molar-refractivity contribution in [2.24, 2.45) is 0 Å². The molecule has 21 heavy (non-hydrogen) atoms. The third kappa shape index (κ3) is 3.22. The highest BCUT2D eigenvalue weighted by molar-refractivity contribution is 5.52. The van der Waals surface area contributed by atoms with Gasteiger partial charge in [0.15, 0.2) is 0 Å². The third-order valence-electron chi connectivity index (χ3n) is 5.12. The lowest BCUT2D eigenvalue weighted by Crippen LogP contribution is -2.37. The molecule has 1 aromatic rings. The summed E-state index contributed by atoms with van der Waals surface area (Å²) in [6, 6.07) is 3.68. The van der Waals surface area contributed by atoms with E-state index in [2.05, 4.69) is 46.3 Å². The van der Waals surface area contributed by atoms with Gasteiger partial charge in [-0.15, -0.1) is 0 Å². The maximum atomic E-state index is 4.38. The molecule has 0 aliphatic carbocycles. The summed E-state index contributed by atoms with van der Waals surface area (Å²) >= 11 is 0. The van der Waals surface area contributed by atoms with Crippen LogP contribution >= 0.6 is 0 Å². The van der Waals surface area contributed by atoms with Gasteiger partial charge in [0.25, 0.3) is 0 Å². The first-order valence-corrected chi connectivity index (χ1v) is 8.40. The fourth-order valence-electron chi connectivity index (χ4n) is 3.78. The van der Waals surface area contributed by atoms with Gasteiger partial charge in [0, 0.05) is 37.9 Å². The van der Waals surface area contributed by atoms with Crippen molar-refractivity contribution in [3.63, 3.8) is 0 Å². The van der Waals surface area contributed by atoms with Gasteiger partial charge in [-0.1, -0.05) is 6.92 Å². The maximum Gasteiger partial charge on any atom is 0.0598 e. The number of aromatic nitrogens is 1. The predicted octanol–water partition coefficient (Wildman–Crippen LogP) is 2.25. The molecular weight excluding hydrogens is 260 g/mol. The Morgan fingerprint density at radius 1 is 1.29 bits per heavy atom. The quantitative estimate of drug-likeness (QED) is 0.842. The number of hydrogen-bond acceptors (Lipinski definition) is 4. The zero-order valence-electron chi connectivity index (χ0n) is 13.4. The average molecular weight is 288 g/mol. The molecule has 2 unspecified atom stereocenters. The number of rotatable bonds is 5. The lowest BCUT2D eigenvalue weighted by molar-refractivity contribution is 0.254. The van der Waals surface area contributed by atoms with Crippen LogP contribution in [0.15, 0.2) is 18.5 Å². The summed E-state index contributed by atoms with van der Waals surface area (Å²) in [4.78, 5) is 9.55. The van der Waals surface area contributed by atoms with Crippen LogP contribution in [0.3, 0.4) is 0 Å². The molecule has 4 heteroatoms. The summed E-state index contributed by atoms with van der Waals surface area (Å²) in [5, 5.41) is 3.52. The Balaban J connectivity index is 1.74. The Morgan fingerprint density at radius 2 is 2.14 bits per heavy atom. The van der Waals surface area contributed by atoms with Crippen molar-refractivity contribution >= 4 is 5.69 Å². The fourth-order valence-corrected chi connectivity index (χ4v) is 3.78. The van der Waals surface area contributed by atoms with Crippen molar-refractivity contribution in [2.75, 3.05) is 31.6 Å². The van der Waals surface area contributed by atoms with E-state index < -0.39 is 0 Å². The number of hydrogen-bond donors (Lipinski definition) is 1. The molecule has 3 heterocycles. The summed E-state index contributed by atoms with van der Waals surface area (Å²) in [5.74, 6) is 0. The summed E-state index contributed by atoms with van der Waals surface area (Å²) < 4.78 is 0. The Hall–Kier alpha value is -1.13. The second kappa shape index (κ2) is 6.75. The van der Waals surface area contributed by atoms with Gasteiger partial charge in [-0.25, -0.2) is 0 Å². The molecule has 1 aromatic heterocycles. The Morgan fingerprint density at radius 3 is 3.00 bits per heavy atom. The van der Waals surface area contributed by atoms with Gasteiger partial charge >= 0.3 is 0 Å². The Kier molecular flexibility index (Phi) is 4.76. The molecule has 4 nitrogen and oxygen atoms in total. The number of nitrogens with one attached hydrogen (secondary N) is 1. The van der Waals surface area contributed by atoms with E-state index >= 15 is 0 Å². The van der Waals surface area contributed by atoms with E-state index in [4.69, 9.17) is 0 Å². The van der Waals surface area contributed by atoms with Crippen LogP contribution in [0, 0.1) is 0 Å². The van der Waals surface area contributed by atoms with Crippen LogP contribution in [0.1, 0.15) is 38.2 Å². The first kappa shape index (κ1) is 14.8. The molecule has 116 valence electrons. The highest BCUT2D eigenvalue weighted by Gasteiger charge is 2.35. The minimum atomic E-state index is 0.717. The molecule has 2 fully saturated rings. The SMILES string of the molecule is CCCNCc1ccncc1N1CCC2CCC(C1)N2C. The molecular formula is C17H28N4. The largest absolute Gasteiger partial charge is 0.368 e. The van der Waals surface area contributed by atoms with Crippen molar-refractivity contribution in [1.29, 1.82) is 0 Å². The zero-order valence-corrected chi connectivity index (χ0v) is 13.4. The average Bonchev–Trinajstić information content (AvgIpc) is 2.73. The lowest BCUT2D eigenvalue weighted by atomic mass is 10.1. The van der Waals surface area contributed by atoms with Crippen molar-refractivity contribution in [2.45, 2.75) is 51.2 Å². The molecule has 2 aliphatic heterocycles. The number of nitrogens with zero attached hydrogens (tertiary/aromatic N) is 3. The molecule has 2 aliphatic rings. The number of likely N-dealkylation sites (N-methyl/N-ethyl adjacent to an activating group) is 1. The highest BCUT2D eigenvalue weighted by atomic mass is 15.3. The Bertz CT molecular complexity index is 462. The minimum Gasteiger partial charge on any atom is -0.368 e. The first-order chi connectivity index (χ1) is 10.3. The molecule has 0 amide bonds. The maximum absolute atomic E-state index is 4.38. The lowest BCUT2D eigenvalue weighted by Gasteiger charge is -2.29. The van der Waals surface area contributed by atoms with Crippen molar-refractivity contribution in [1.82, 2.24) is 15.2 Å². The van der Waals surface area contributed by atoms with Gasteiger partial charge in [-0.2, -0.15) is 0 Å². The molecule has 1 N–H and O–H groups in total. The van der Waals surface area contributed by atoms with Gasteiger partial charge < -0.3 is 10.2 Å². The fraction of sp³-hybridized carbons (Fsp3) is 0.706. The predicted molar refractivity (Wildman–Crippen MR) is 87.6 cm³/mol. The minimum absolute atomic E-state index is 0.717. The Labute approximate surface area is 128 Å². The van der Waals surface area contributed by atoms with Gasteiger partial charge in [0.05, 0.1) is 11.9 Å². The normalized spacial score (nSPS) is 26.1. The summed E-state index contributed by atoms with van der Waals surface area (Å²) in [6.07, 6.45) is 9.17. The van der Waals surface area contributed by atoms with E-state index in [9.17, 15) is 0 Å². The van der Waals surface area contributed by atoms with Crippen LogP contribution in [0.2, 0.25) is 0 Å². The van der Waals surface area contributed by atoms with E-state index in [-0.39, 0.29) is 0 Å². The van der Waals surface area contributed by atoms with Crippen molar-refractivity contribution in [3.8, 4) is 0 Å². The molecule has 0 saturated carbocycles. The highest BCUT2D eigenvalue weighted by Crippen LogP contribution is 2.31. The second-order valence-corrected chi connectivity index (χ2v) is 6.47. The van der Waals surface area contributed by atoms with Gasteiger partial charge in [-0.05, 0) is 50.9 Å². The molecule has 2 atom stereocenters. The van der Waals surface area contributed by atoms with Crippen molar-refractivity contribution in [3.05, 3.63) is 24.0 Å². The number of pyridine rings is 1. The van der Waals surface area contributed by atoms with Gasteiger partial charge in [-0.3, -0.25) is 9.88 Å². The molecule has 2 bridgehead atoms. The standard InChI is InChI=1S/C17H28N4/c1-3-8-18-11-14-6-9-19-12-17(14)21-10-7-15-4-5-16(13-21)20(15)2/h6,9,12,15-16,18H,3-5,7-8,10-11,13H2,1-2H3.